The van der Waals surface area contributed by atoms with Gasteiger partial charge in [0, 0.05) is 31.1 Å². The van der Waals surface area contributed by atoms with Crippen LogP contribution in [0.4, 0.5) is 0 Å². The van der Waals surface area contributed by atoms with Crippen LogP contribution in [0.3, 0.4) is 0 Å². The molecule has 5 rings (SSSR count). The van der Waals surface area contributed by atoms with Crippen LogP contribution in [0.15, 0.2) is 16.8 Å². The van der Waals surface area contributed by atoms with Crippen molar-refractivity contribution in [3.05, 3.63) is 22.4 Å². The van der Waals surface area contributed by atoms with Gasteiger partial charge in [-0.3, -0.25) is 4.79 Å². The topological polar surface area (TPSA) is 44.4 Å². The fourth-order valence-corrected chi connectivity index (χ4v) is 6.55. The molecule has 4 fully saturated rings. The lowest BCUT2D eigenvalue weighted by molar-refractivity contribution is -0.134. The molecule has 4 nitrogen and oxygen atoms in total. The third-order valence-electron chi connectivity index (χ3n) is 7.41. The van der Waals surface area contributed by atoms with Crippen molar-refractivity contribution in [1.82, 2.24) is 15.5 Å². The van der Waals surface area contributed by atoms with Gasteiger partial charge in [0.05, 0.1) is 0 Å². The molecule has 3 saturated heterocycles. The first-order chi connectivity index (χ1) is 12.7. The maximum atomic E-state index is 13.4. The van der Waals surface area contributed by atoms with Crippen molar-refractivity contribution in [2.45, 2.75) is 76.0 Å². The molecule has 1 aromatic rings. The molecule has 4 heterocycles. The average Bonchev–Trinajstić information content (AvgIpc) is 2.99. The molecular weight excluding hydrogens is 342 g/mol. The minimum atomic E-state index is 0.419. The highest BCUT2D eigenvalue weighted by atomic mass is 32.1. The molecule has 3 atom stereocenters. The predicted octanol–water partition coefficient (Wildman–Crippen LogP) is 3.14. The number of hydrogen-bond acceptors (Lipinski definition) is 4. The average molecular weight is 374 g/mol. The van der Waals surface area contributed by atoms with E-state index >= 15 is 0 Å². The largest absolute Gasteiger partial charge is 0.335 e. The van der Waals surface area contributed by atoms with Gasteiger partial charge in [-0.1, -0.05) is 0 Å². The van der Waals surface area contributed by atoms with Crippen molar-refractivity contribution in [3.63, 3.8) is 0 Å². The van der Waals surface area contributed by atoms with Gasteiger partial charge < -0.3 is 15.5 Å². The highest BCUT2D eigenvalue weighted by Gasteiger charge is 2.57. The molecule has 26 heavy (non-hydrogen) atoms. The summed E-state index contributed by atoms with van der Waals surface area (Å²) < 4.78 is 0. The zero-order chi connectivity index (χ0) is 17.6. The van der Waals surface area contributed by atoms with Crippen LogP contribution in [0, 0.1) is 11.3 Å². The molecular formula is C21H31N3OS. The summed E-state index contributed by atoms with van der Waals surface area (Å²) in [6, 6.07) is 4.02. The number of piperidine rings is 2. The molecule has 1 aliphatic carbocycles. The van der Waals surface area contributed by atoms with Gasteiger partial charge in [-0.2, -0.15) is 11.3 Å². The number of thiophene rings is 1. The van der Waals surface area contributed by atoms with Gasteiger partial charge in [0.25, 0.3) is 0 Å². The van der Waals surface area contributed by atoms with Crippen molar-refractivity contribution >= 4 is 17.2 Å². The molecule has 2 bridgehead atoms. The minimum Gasteiger partial charge on any atom is -0.335 e. The molecule has 4 aliphatic rings. The number of nitrogens with zero attached hydrogens (tertiary/aromatic N) is 1. The number of carbonyl (C=O) groups excluding carboxylic acids is 1. The summed E-state index contributed by atoms with van der Waals surface area (Å²) in [6.45, 7) is 3.06. The van der Waals surface area contributed by atoms with E-state index in [1.807, 2.05) is 0 Å². The van der Waals surface area contributed by atoms with E-state index in [4.69, 9.17) is 0 Å². The fourth-order valence-electron chi connectivity index (χ4n) is 5.89. The second-order valence-corrected chi connectivity index (χ2v) is 9.94. The third-order valence-corrected chi connectivity index (χ3v) is 8.14. The molecule has 142 valence electrons. The van der Waals surface area contributed by atoms with E-state index in [1.165, 1.54) is 50.5 Å². The van der Waals surface area contributed by atoms with Gasteiger partial charge in [-0.05, 0) is 91.8 Å². The van der Waals surface area contributed by atoms with E-state index in [0.29, 0.717) is 35.4 Å². The maximum Gasteiger partial charge on any atom is 0.223 e. The zero-order valence-corrected chi connectivity index (χ0v) is 16.4. The minimum absolute atomic E-state index is 0.419. The Hall–Kier alpha value is -0.910. The molecule has 1 amide bonds. The standard InChI is InChI=1S/C21H31N3OS/c25-20(11-16-9-17-1-2-18(10-16)23-17)24(13-15-3-8-26-14-15)19-12-21(19)4-6-22-7-5-21/h3,8,14,16-19,22-23H,1-2,4-7,9-13H2. The number of carbonyl (C=O) groups is 1. The fraction of sp³-hybridized carbons (Fsp3) is 0.762. The summed E-state index contributed by atoms with van der Waals surface area (Å²) in [4.78, 5) is 15.6. The lowest BCUT2D eigenvalue weighted by Gasteiger charge is -2.33. The predicted molar refractivity (Wildman–Crippen MR) is 105 cm³/mol. The second-order valence-electron chi connectivity index (χ2n) is 9.16. The van der Waals surface area contributed by atoms with Gasteiger partial charge in [0.15, 0.2) is 0 Å². The smallest absolute Gasteiger partial charge is 0.223 e. The van der Waals surface area contributed by atoms with E-state index in [-0.39, 0.29) is 0 Å². The van der Waals surface area contributed by atoms with Crippen molar-refractivity contribution < 1.29 is 4.79 Å². The number of rotatable bonds is 5. The summed E-state index contributed by atoms with van der Waals surface area (Å²) in [6.07, 6.45) is 9.50. The Kier molecular flexibility index (Phi) is 4.58. The molecule has 5 heteroatoms. The van der Waals surface area contributed by atoms with E-state index < -0.39 is 0 Å². The van der Waals surface area contributed by atoms with Crippen LogP contribution in [-0.2, 0) is 11.3 Å². The van der Waals surface area contributed by atoms with E-state index in [9.17, 15) is 4.79 Å². The second kappa shape index (κ2) is 6.92. The van der Waals surface area contributed by atoms with Gasteiger partial charge in [-0.25, -0.2) is 0 Å². The summed E-state index contributed by atoms with van der Waals surface area (Å²) in [7, 11) is 0. The Morgan fingerprint density at radius 3 is 2.69 bits per heavy atom. The monoisotopic (exact) mass is 373 g/mol. The van der Waals surface area contributed by atoms with Gasteiger partial charge in [-0.15, -0.1) is 0 Å². The first kappa shape index (κ1) is 17.2. The maximum absolute atomic E-state index is 13.4. The lowest BCUT2D eigenvalue weighted by atomic mass is 9.89. The van der Waals surface area contributed by atoms with Crippen LogP contribution in [0.1, 0.15) is 56.9 Å². The first-order valence-corrected chi connectivity index (χ1v) is 11.4. The van der Waals surface area contributed by atoms with Gasteiger partial charge in [0.1, 0.15) is 0 Å². The first-order valence-electron chi connectivity index (χ1n) is 10.5. The molecule has 3 unspecified atom stereocenters. The molecule has 1 spiro atoms. The number of nitrogens with one attached hydrogen (secondary N) is 2. The normalized spacial score (nSPS) is 34.8. The van der Waals surface area contributed by atoms with Crippen molar-refractivity contribution in [2.75, 3.05) is 13.1 Å². The Morgan fingerprint density at radius 2 is 2.00 bits per heavy atom. The van der Waals surface area contributed by atoms with Crippen LogP contribution < -0.4 is 10.6 Å². The summed E-state index contributed by atoms with van der Waals surface area (Å²) in [5, 5.41) is 11.5. The van der Waals surface area contributed by atoms with Crippen LogP contribution in [0.5, 0.6) is 0 Å². The molecule has 3 aliphatic heterocycles. The third kappa shape index (κ3) is 3.34. The molecule has 0 radical (unpaired) electrons. The molecule has 1 saturated carbocycles. The van der Waals surface area contributed by atoms with Gasteiger partial charge >= 0.3 is 0 Å². The highest BCUT2D eigenvalue weighted by Crippen LogP contribution is 2.56. The quantitative estimate of drug-likeness (QED) is 0.833. The summed E-state index contributed by atoms with van der Waals surface area (Å²) >= 11 is 1.74. The van der Waals surface area contributed by atoms with E-state index in [2.05, 4.69) is 32.4 Å². The zero-order valence-electron chi connectivity index (χ0n) is 15.6. The number of fused-ring (bicyclic) bond motifs is 2. The van der Waals surface area contributed by atoms with Crippen LogP contribution >= 0.6 is 11.3 Å². The summed E-state index contributed by atoms with van der Waals surface area (Å²) in [5.41, 5.74) is 1.73. The Balaban J connectivity index is 1.28. The Labute approximate surface area is 160 Å². The van der Waals surface area contributed by atoms with Gasteiger partial charge in [0.2, 0.25) is 5.91 Å². The molecule has 1 aromatic heterocycles. The Bertz CT molecular complexity index is 628. The summed E-state index contributed by atoms with van der Waals surface area (Å²) in [5.74, 6) is 1.01. The molecule has 2 N–H and O–H groups in total. The van der Waals surface area contributed by atoms with Crippen molar-refractivity contribution in [3.8, 4) is 0 Å². The molecule has 0 aromatic carbocycles. The van der Waals surface area contributed by atoms with Crippen molar-refractivity contribution in [1.29, 1.82) is 0 Å². The number of amides is 1. The highest BCUT2D eigenvalue weighted by molar-refractivity contribution is 7.07. The Morgan fingerprint density at radius 1 is 1.23 bits per heavy atom. The van der Waals surface area contributed by atoms with Crippen LogP contribution in [0.2, 0.25) is 0 Å². The SMILES string of the molecule is O=C(CC1CC2CCC(C1)N2)N(Cc1ccsc1)C1CC12CCNCC2. The lowest BCUT2D eigenvalue weighted by Crippen LogP contribution is -2.42. The van der Waals surface area contributed by atoms with Crippen LogP contribution in [-0.4, -0.2) is 42.0 Å². The van der Waals surface area contributed by atoms with E-state index in [1.54, 1.807) is 11.3 Å². The van der Waals surface area contributed by atoms with Crippen molar-refractivity contribution in [2.24, 2.45) is 11.3 Å². The number of hydrogen-bond donors (Lipinski definition) is 2. The van der Waals surface area contributed by atoms with E-state index in [0.717, 1.165) is 26.1 Å². The van der Waals surface area contributed by atoms with Crippen LogP contribution in [0.25, 0.3) is 0 Å².